The maximum atomic E-state index is 13.3. The summed E-state index contributed by atoms with van der Waals surface area (Å²) in [4.78, 5) is 11.7. The van der Waals surface area contributed by atoms with Gasteiger partial charge in [-0.1, -0.05) is 6.92 Å². The second kappa shape index (κ2) is 5.95. The molecular weight excluding hydrogens is 252 g/mol. The number of hydrogen-bond donors (Lipinski definition) is 0. The van der Waals surface area contributed by atoms with E-state index >= 15 is 0 Å². The minimum atomic E-state index is -1.70. The van der Waals surface area contributed by atoms with Gasteiger partial charge in [-0.2, -0.15) is 0 Å². The average Bonchev–Trinajstić information content (AvgIpc) is 2.33. The molecule has 0 fully saturated rings. The molecule has 2 nitrogen and oxygen atoms in total. The lowest BCUT2D eigenvalue weighted by Crippen LogP contribution is -2.24. The monoisotopic (exact) mass is 264 g/mol. The molecule has 1 atom stereocenters. The Morgan fingerprint density at radius 2 is 1.72 bits per heavy atom. The van der Waals surface area contributed by atoms with Crippen LogP contribution in [-0.2, 0) is 4.74 Å². The molecular formula is C12H12F4O2. The van der Waals surface area contributed by atoms with Crippen molar-refractivity contribution in [3.05, 3.63) is 34.9 Å². The topological polar surface area (TPSA) is 26.3 Å². The summed E-state index contributed by atoms with van der Waals surface area (Å²) in [5.74, 6) is -7.76. The second-order valence-corrected chi connectivity index (χ2v) is 3.72. The van der Waals surface area contributed by atoms with Gasteiger partial charge in [0.15, 0.2) is 29.1 Å². The summed E-state index contributed by atoms with van der Waals surface area (Å²) in [6.45, 7) is 3.24. The van der Waals surface area contributed by atoms with Gasteiger partial charge < -0.3 is 4.74 Å². The third-order valence-electron chi connectivity index (χ3n) is 2.30. The predicted molar refractivity (Wildman–Crippen MR) is 56.3 cm³/mol. The molecule has 100 valence electrons. The van der Waals surface area contributed by atoms with Crippen molar-refractivity contribution in [3.8, 4) is 0 Å². The zero-order valence-corrected chi connectivity index (χ0v) is 9.90. The summed E-state index contributed by atoms with van der Waals surface area (Å²) in [5, 5.41) is 0. The number of hydrogen-bond acceptors (Lipinski definition) is 2. The SMILES string of the molecule is CCCOC(C)C(=O)c1c(F)c(F)cc(F)c1F. The Morgan fingerprint density at radius 1 is 1.22 bits per heavy atom. The van der Waals surface area contributed by atoms with Gasteiger partial charge in [0.25, 0.3) is 0 Å². The molecule has 18 heavy (non-hydrogen) atoms. The number of ether oxygens (including phenoxy) is 1. The van der Waals surface area contributed by atoms with Crippen molar-refractivity contribution in [2.45, 2.75) is 26.4 Å². The van der Waals surface area contributed by atoms with Crippen LogP contribution >= 0.6 is 0 Å². The van der Waals surface area contributed by atoms with Crippen molar-refractivity contribution in [3.63, 3.8) is 0 Å². The summed E-state index contributed by atoms with van der Waals surface area (Å²) < 4.78 is 57.4. The van der Waals surface area contributed by atoms with Crippen molar-refractivity contribution in [1.29, 1.82) is 0 Å². The number of halogens is 4. The molecule has 1 aromatic rings. The van der Waals surface area contributed by atoms with E-state index in [0.29, 0.717) is 6.42 Å². The molecule has 0 aliphatic rings. The number of carbonyl (C=O) groups excluding carboxylic acids is 1. The number of rotatable bonds is 5. The van der Waals surface area contributed by atoms with E-state index in [1.165, 1.54) is 6.92 Å². The lowest BCUT2D eigenvalue weighted by atomic mass is 10.0. The number of ketones is 1. The minimum absolute atomic E-state index is 0.0546. The second-order valence-electron chi connectivity index (χ2n) is 3.72. The van der Waals surface area contributed by atoms with Crippen LogP contribution in [0, 0.1) is 23.3 Å². The Balaban J connectivity index is 3.12. The highest BCUT2D eigenvalue weighted by atomic mass is 19.2. The van der Waals surface area contributed by atoms with Crippen molar-refractivity contribution < 1.29 is 27.1 Å². The molecule has 0 radical (unpaired) electrons. The van der Waals surface area contributed by atoms with Gasteiger partial charge in [-0.15, -0.1) is 0 Å². The van der Waals surface area contributed by atoms with Crippen LogP contribution in [0.4, 0.5) is 17.6 Å². The Hall–Kier alpha value is -1.43. The summed E-state index contributed by atoms with van der Waals surface area (Å²) in [7, 11) is 0. The van der Waals surface area contributed by atoms with Crippen LogP contribution in [-0.4, -0.2) is 18.5 Å². The van der Waals surface area contributed by atoms with Crippen LogP contribution in [0.1, 0.15) is 30.6 Å². The molecule has 0 saturated heterocycles. The molecule has 0 bridgehead atoms. The first-order chi connectivity index (χ1) is 8.40. The van der Waals surface area contributed by atoms with Gasteiger partial charge >= 0.3 is 0 Å². The van der Waals surface area contributed by atoms with Gasteiger partial charge in [-0.05, 0) is 13.3 Å². The third-order valence-corrected chi connectivity index (χ3v) is 2.30. The normalized spacial score (nSPS) is 12.6. The largest absolute Gasteiger partial charge is 0.370 e. The lowest BCUT2D eigenvalue weighted by molar-refractivity contribution is 0.0470. The van der Waals surface area contributed by atoms with E-state index in [2.05, 4.69) is 0 Å². The van der Waals surface area contributed by atoms with Crippen LogP contribution in [0.15, 0.2) is 6.07 Å². The molecule has 0 saturated carbocycles. The van der Waals surface area contributed by atoms with E-state index in [1.807, 2.05) is 0 Å². The van der Waals surface area contributed by atoms with Gasteiger partial charge in [-0.25, -0.2) is 17.6 Å². The first-order valence-corrected chi connectivity index (χ1v) is 5.38. The molecule has 0 aliphatic heterocycles. The smallest absolute Gasteiger partial charge is 0.197 e. The maximum absolute atomic E-state index is 13.3. The van der Waals surface area contributed by atoms with E-state index < -0.39 is 40.7 Å². The summed E-state index contributed by atoms with van der Waals surface area (Å²) in [5.41, 5.74) is -1.24. The van der Waals surface area contributed by atoms with Gasteiger partial charge in [0.05, 0.1) is 5.56 Å². The van der Waals surface area contributed by atoms with Crippen LogP contribution < -0.4 is 0 Å². The van der Waals surface area contributed by atoms with Crippen molar-refractivity contribution >= 4 is 5.78 Å². The molecule has 0 N–H and O–H groups in total. The van der Waals surface area contributed by atoms with E-state index in [1.54, 1.807) is 6.92 Å². The van der Waals surface area contributed by atoms with E-state index in [4.69, 9.17) is 4.74 Å². The first-order valence-electron chi connectivity index (χ1n) is 5.38. The van der Waals surface area contributed by atoms with Crippen molar-refractivity contribution in [1.82, 2.24) is 0 Å². The van der Waals surface area contributed by atoms with Crippen LogP contribution in [0.25, 0.3) is 0 Å². The standard InChI is InChI=1S/C12H12F4O2/c1-3-4-18-6(2)12(17)9-10(15)7(13)5-8(14)11(9)16/h5-6H,3-4H2,1-2H3. The molecule has 1 rings (SSSR count). The quantitative estimate of drug-likeness (QED) is 0.463. The fourth-order valence-electron chi connectivity index (χ4n) is 1.36. The number of carbonyl (C=O) groups is 1. The summed E-state index contributed by atoms with van der Waals surface area (Å²) >= 11 is 0. The zero-order chi connectivity index (χ0) is 13.9. The van der Waals surface area contributed by atoms with Crippen molar-refractivity contribution in [2.24, 2.45) is 0 Å². The number of benzene rings is 1. The van der Waals surface area contributed by atoms with Crippen LogP contribution in [0.2, 0.25) is 0 Å². The zero-order valence-electron chi connectivity index (χ0n) is 9.90. The first kappa shape index (κ1) is 14.6. The molecule has 0 heterocycles. The van der Waals surface area contributed by atoms with E-state index in [0.717, 1.165) is 0 Å². The molecule has 1 unspecified atom stereocenters. The Morgan fingerprint density at radius 3 is 2.17 bits per heavy atom. The Bertz CT molecular complexity index is 434. The Labute approximate surface area is 102 Å². The Kier molecular flexibility index (Phi) is 4.84. The average molecular weight is 264 g/mol. The third kappa shape index (κ3) is 2.87. The highest BCUT2D eigenvalue weighted by molar-refractivity contribution is 5.99. The summed E-state index contributed by atoms with van der Waals surface area (Å²) in [6, 6.07) is 0.0546. The fraction of sp³-hybridized carbons (Fsp3) is 0.417. The van der Waals surface area contributed by atoms with Gasteiger partial charge in [-0.3, -0.25) is 4.79 Å². The highest BCUT2D eigenvalue weighted by Gasteiger charge is 2.28. The molecule has 0 amide bonds. The van der Waals surface area contributed by atoms with E-state index in [-0.39, 0.29) is 12.7 Å². The van der Waals surface area contributed by atoms with E-state index in [9.17, 15) is 22.4 Å². The minimum Gasteiger partial charge on any atom is -0.370 e. The molecule has 0 aliphatic carbocycles. The molecule has 1 aromatic carbocycles. The fourth-order valence-corrected chi connectivity index (χ4v) is 1.36. The van der Waals surface area contributed by atoms with Gasteiger partial charge in [0.1, 0.15) is 6.10 Å². The number of Topliss-reactive ketones (excluding diaryl/α,β-unsaturated/α-hetero) is 1. The van der Waals surface area contributed by atoms with Gasteiger partial charge in [0, 0.05) is 12.7 Å². The van der Waals surface area contributed by atoms with Crippen molar-refractivity contribution in [2.75, 3.05) is 6.61 Å². The van der Waals surface area contributed by atoms with Crippen LogP contribution in [0.5, 0.6) is 0 Å². The van der Waals surface area contributed by atoms with Gasteiger partial charge in [0.2, 0.25) is 0 Å². The highest BCUT2D eigenvalue weighted by Crippen LogP contribution is 2.21. The maximum Gasteiger partial charge on any atom is 0.197 e. The molecule has 0 aromatic heterocycles. The molecule has 0 spiro atoms. The predicted octanol–water partition coefficient (Wildman–Crippen LogP) is 3.24. The van der Waals surface area contributed by atoms with Crippen LogP contribution in [0.3, 0.4) is 0 Å². The lowest BCUT2D eigenvalue weighted by Gasteiger charge is -2.13. The molecule has 6 heteroatoms. The summed E-state index contributed by atoms with van der Waals surface area (Å²) in [6.07, 6.45) is -0.574.